The van der Waals surface area contributed by atoms with Crippen LogP contribution >= 0.6 is 0 Å². The standard InChI is InChI=1S/7C17H18/c1-10-6-8-15-16(12(10)3)9-14-7-5-11(2)13(4)17(14)15;1-10-7-12(3)17-14(8-10)9-16-13(4)11(2)5-6-15(16)17;1-10-7-12(3)15-9-16-13(4)11(2)5-6-14(16)17(15)8-10;1-10-5-6-15-16(13(10)4)9-14-7-11(2)12(3)8-17(14)15;1-10-5-6-15-14(7-10)9-16-13(4)11(2)8-12(3)17(15)16;1-10-7-8-14-16(13(10)4)9-15-11(2)5-6-12(3)17(14)15;1-10-6-5-7-14-15(10)9-16-13(4)11(2)8-12(3)17(14)16/h7*5-8H,9H2,1-4H3. The molecule has 0 spiro atoms. The van der Waals surface area contributed by atoms with Crippen LogP contribution in [0.2, 0.25) is 0 Å². The lowest BCUT2D eigenvalue weighted by Crippen LogP contribution is -1.93. The quantitative estimate of drug-likeness (QED) is 0.142. The predicted octanol–water partition coefficient (Wildman–Crippen LogP) is 31.4. The molecule has 14 aromatic rings. The largest absolute Gasteiger partial charge is 0.0614 e. The van der Waals surface area contributed by atoms with E-state index in [4.69, 9.17) is 0 Å². The van der Waals surface area contributed by atoms with Crippen molar-refractivity contribution in [2.75, 3.05) is 0 Å². The number of aryl methyl sites for hydroxylation is 20. The first-order chi connectivity index (χ1) is 56.6. The molecule has 14 aromatic carbocycles. The summed E-state index contributed by atoms with van der Waals surface area (Å²) in [6.07, 6.45) is 7.79. The van der Waals surface area contributed by atoms with Gasteiger partial charge in [0.2, 0.25) is 0 Å². The first kappa shape index (κ1) is 83.2. The van der Waals surface area contributed by atoms with Crippen LogP contribution in [0.1, 0.15) is 234 Å². The van der Waals surface area contributed by atoms with Gasteiger partial charge in [0, 0.05) is 0 Å². The maximum Gasteiger partial charge on any atom is -0.000799 e. The third kappa shape index (κ3) is 15.2. The van der Waals surface area contributed by atoms with Crippen molar-refractivity contribution in [2.24, 2.45) is 0 Å². The van der Waals surface area contributed by atoms with E-state index in [0.717, 1.165) is 44.9 Å². The monoisotopic (exact) mass is 1550 g/mol. The Balaban J connectivity index is 0.000000108. The van der Waals surface area contributed by atoms with Crippen LogP contribution in [0.3, 0.4) is 0 Å². The molecule has 7 aliphatic carbocycles. The summed E-state index contributed by atoms with van der Waals surface area (Å²) >= 11 is 0. The highest BCUT2D eigenvalue weighted by Crippen LogP contribution is 2.49. The van der Waals surface area contributed by atoms with E-state index in [9.17, 15) is 0 Å². The summed E-state index contributed by atoms with van der Waals surface area (Å²) in [4.78, 5) is 0. The summed E-state index contributed by atoms with van der Waals surface area (Å²) in [7, 11) is 0. The molecule has 0 bridgehead atoms. The molecule has 0 saturated carbocycles. The molecule has 21 rings (SSSR count). The topological polar surface area (TPSA) is 0 Å². The van der Waals surface area contributed by atoms with Gasteiger partial charge in [0.05, 0.1) is 0 Å². The van der Waals surface area contributed by atoms with Crippen molar-refractivity contribution in [3.8, 4) is 77.9 Å². The fraction of sp³-hybridized carbons (Fsp3) is 0.294. The minimum Gasteiger partial charge on any atom is -0.0614 e. The normalized spacial score (nSPS) is 12.5. The zero-order chi connectivity index (χ0) is 85.1. The van der Waals surface area contributed by atoms with E-state index < -0.39 is 0 Å². The molecule has 0 heterocycles. The molecule has 0 N–H and O–H groups in total. The molecule has 0 nitrogen and oxygen atoms in total. The smallest absolute Gasteiger partial charge is 0.000799 e. The fourth-order valence-corrected chi connectivity index (χ4v) is 21.0. The van der Waals surface area contributed by atoms with E-state index in [1.165, 1.54) is 300 Å². The molecular formula is C119H126. The first-order valence-electron chi connectivity index (χ1n) is 43.9. The van der Waals surface area contributed by atoms with Gasteiger partial charge in [-0.1, -0.05) is 187 Å². The van der Waals surface area contributed by atoms with Gasteiger partial charge in [-0.3, -0.25) is 0 Å². The second-order valence-electron chi connectivity index (χ2n) is 37.1. The Labute approximate surface area is 715 Å². The molecular weight excluding hydrogens is 1430 g/mol. The Kier molecular flexibility index (Phi) is 22.8. The van der Waals surface area contributed by atoms with Gasteiger partial charge < -0.3 is 0 Å². The minimum atomic E-state index is 1.11. The Hall–Kier alpha value is -10.9. The van der Waals surface area contributed by atoms with E-state index in [1.54, 1.807) is 11.1 Å². The SMILES string of the molecule is Cc1cc(C)c2c(c1)-c1ccc(C)c(C)c1C2.Cc1cc(C)c2c(c1)Cc1c-2ccc(C)c1C.Cc1cc(C)c2c(c1C)Cc1c(C)cccc1-2.Cc1cc2c(cc1C)-c1ccc(C)c(C)c1C2.Cc1ccc2c(c1)Cc1c(C)c(C)cc(C)c1-2.Cc1ccc2c(c1C)Cc1c(C)ccc(C)c1-2.Cc1ccc2c(c1C)Cc1ccc(C)c(C)c1-2. The Morgan fingerprint density at radius 3 is 1.08 bits per heavy atom. The summed E-state index contributed by atoms with van der Waals surface area (Å²) in [5, 5.41) is 0. The van der Waals surface area contributed by atoms with Crippen LogP contribution in [0.15, 0.2) is 170 Å². The average molecular weight is 1560 g/mol. The molecule has 602 valence electrons. The lowest BCUT2D eigenvalue weighted by atomic mass is 9.93. The predicted molar refractivity (Wildman–Crippen MR) is 515 cm³/mol. The number of fused-ring (bicyclic) bond motifs is 21. The van der Waals surface area contributed by atoms with Gasteiger partial charge in [0.25, 0.3) is 0 Å². The number of rotatable bonds is 0. The van der Waals surface area contributed by atoms with Gasteiger partial charge in [-0.05, 0) is 534 Å². The van der Waals surface area contributed by atoms with Gasteiger partial charge in [0.15, 0.2) is 0 Å². The molecule has 0 radical (unpaired) electrons. The van der Waals surface area contributed by atoms with Gasteiger partial charge >= 0.3 is 0 Å². The van der Waals surface area contributed by atoms with Crippen LogP contribution in [0.4, 0.5) is 0 Å². The molecule has 0 amide bonds. The molecule has 0 aromatic heterocycles. The summed E-state index contributed by atoms with van der Waals surface area (Å²) in [5.41, 5.74) is 81.8. The molecule has 0 heteroatoms. The molecule has 0 fully saturated rings. The highest BCUT2D eigenvalue weighted by molar-refractivity contribution is 5.88. The van der Waals surface area contributed by atoms with Crippen molar-refractivity contribution >= 4 is 0 Å². The highest BCUT2D eigenvalue weighted by atomic mass is 14.3. The van der Waals surface area contributed by atoms with Crippen LogP contribution < -0.4 is 0 Å². The zero-order valence-electron chi connectivity index (χ0n) is 77.1. The second-order valence-corrected chi connectivity index (χ2v) is 37.1. The average Bonchev–Trinajstić information content (AvgIpc) is 1.64. The zero-order valence-corrected chi connectivity index (χ0v) is 77.1. The van der Waals surface area contributed by atoms with Crippen molar-refractivity contribution in [3.63, 3.8) is 0 Å². The summed E-state index contributed by atoms with van der Waals surface area (Å²) in [5.74, 6) is 0. The van der Waals surface area contributed by atoms with Gasteiger partial charge in [-0.2, -0.15) is 0 Å². The van der Waals surface area contributed by atoms with Crippen LogP contribution in [0.5, 0.6) is 0 Å². The van der Waals surface area contributed by atoms with Crippen molar-refractivity contribution < 1.29 is 0 Å². The number of hydrogen-bond donors (Lipinski definition) is 0. The van der Waals surface area contributed by atoms with Crippen molar-refractivity contribution in [2.45, 2.75) is 239 Å². The van der Waals surface area contributed by atoms with Crippen molar-refractivity contribution in [1.29, 1.82) is 0 Å². The molecule has 0 atom stereocenters. The second kappa shape index (κ2) is 32.7. The maximum absolute atomic E-state index is 2.36. The highest BCUT2D eigenvalue weighted by Gasteiger charge is 2.30. The Bertz CT molecular complexity index is 6540. The Morgan fingerprint density at radius 1 is 0.134 bits per heavy atom. The van der Waals surface area contributed by atoms with Gasteiger partial charge in [0.1, 0.15) is 0 Å². The van der Waals surface area contributed by atoms with Crippen LogP contribution in [-0.4, -0.2) is 0 Å². The summed E-state index contributed by atoms with van der Waals surface area (Å²) < 4.78 is 0. The molecule has 119 heavy (non-hydrogen) atoms. The van der Waals surface area contributed by atoms with Crippen molar-refractivity contribution in [3.05, 3.63) is 404 Å². The number of hydrogen-bond acceptors (Lipinski definition) is 0. The molecule has 0 aliphatic heterocycles. The van der Waals surface area contributed by atoms with Gasteiger partial charge in [-0.25, -0.2) is 0 Å². The first-order valence-corrected chi connectivity index (χ1v) is 43.9. The summed E-state index contributed by atoms with van der Waals surface area (Å²) in [6, 6.07) is 64.0. The number of benzene rings is 14. The van der Waals surface area contributed by atoms with E-state index in [1.807, 2.05) is 0 Å². The van der Waals surface area contributed by atoms with Crippen molar-refractivity contribution in [1.82, 2.24) is 0 Å². The van der Waals surface area contributed by atoms with Crippen LogP contribution in [0.25, 0.3) is 77.9 Å². The van der Waals surface area contributed by atoms with E-state index in [0.29, 0.717) is 0 Å². The summed E-state index contributed by atoms with van der Waals surface area (Å²) in [6.45, 7) is 62.3. The molecule has 7 aliphatic rings. The lowest BCUT2D eigenvalue weighted by molar-refractivity contribution is 1.16. The Morgan fingerprint density at radius 2 is 0.479 bits per heavy atom. The molecule has 0 saturated heterocycles. The van der Waals surface area contributed by atoms with Crippen LogP contribution in [-0.2, 0) is 44.9 Å². The fourth-order valence-electron chi connectivity index (χ4n) is 21.0. The van der Waals surface area contributed by atoms with Gasteiger partial charge in [-0.15, -0.1) is 0 Å². The third-order valence-corrected chi connectivity index (χ3v) is 29.3. The van der Waals surface area contributed by atoms with E-state index in [-0.39, 0.29) is 0 Å². The maximum atomic E-state index is 2.36. The lowest BCUT2D eigenvalue weighted by Gasteiger charge is -2.11. The van der Waals surface area contributed by atoms with E-state index in [2.05, 4.69) is 364 Å². The van der Waals surface area contributed by atoms with E-state index >= 15 is 0 Å². The minimum absolute atomic E-state index is 1.11. The molecule has 0 unspecified atom stereocenters. The van der Waals surface area contributed by atoms with Crippen LogP contribution in [0, 0.1) is 194 Å². The third-order valence-electron chi connectivity index (χ3n) is 29.3.